The van der Waals surface area contributed by atoms with Gasteiger partial charge in [-0.2, -0.15) is 0 Å². The molecule has 2 nitrogen and oxygen atoms in total. The van der Waals surface area contributed by atoms with Crippen molar-refractivity contribution in [2.24, 2.45) is 5.92 Å². The Balaban J connectivity index is 2.94. The Morgan fingerprint density at radius 3 is 2.29 bits per heavy atom. The molecule has 1 aromatic rings. The smallest absolute Gasteiger partial charge is 0.141 e. The lowest BCUT2D eigenvalue weighted by molar-refractivity contribution is 0.138. The summed E-state index contributed by atoms with van der Waals surface area (Å²) in [7, 11) is 0. The van der Waals surface area contributed by atoms with Crippen molar-refractivity contribution in [3.63, 3.8) is 0 Å². The monoisotopic (exact) mass is 197 g/mol. The van der Waals surface area contributed by atoms with Gasteiger partial charge in [0.05, 0.1) is 12.3 Å². The van der Waals surface area contributed by atoms with Crippen LogP contribution in [-0.2, 0) is 0 Å². The Morgan fingerprint density at radius 1 is 1.29 bits per heavy atom. The molecule has 0 aliphatic rings. The van der Waals surface area contributed by atoms with Crippen LogP contribution in [0.15, 0.2) is 18.3 Å². The predicted molar refractivity (Wildman–Crippen MR) is 53.5 cm³/mol. The van der Waals surface area contributed by atoms with Crippen LogP contribution in [0.25, 0.3) is 0 Å². The number of hydrogen-bond donors (Lipinski definition) is 1. The van der Waals surface area contributed by atoms with Crippen molar-refractivity contribution in [2.45, 2.75) is 32.8 Å². The summed E-state index contributed by atoms with van der Waals surface area (Å²) < 4.78 is 12.6. The van der Waals surface area contributed by atoms with Crippen LogP contribution in [0.4, 0.5) is 4.39 Å². The fourth-order valence-corrected chi connectivity index (χ4v) is 1.73. The molecule has 0 fully saturated rings. The van der Waals surface area contributed by atoms with Gasteiger partial charge in [-0.25, -0.2) is 4.39 Å². The molecule has 0 spiro atoms. The van der Waals surface area contributed by atoms with E-state index in [1.165, 1.54) is 12.3 Å². The molecule has 3 heteroatoms. The highest BCUT2D eigenvalue weighted by Crippen LogP contribution is 2.26. The molecule has 1 aromatic heterocycles. The molecule has 0 amide bonds. The van der Waals surface area contributed by atoms with Gasteiger partial charge in [-0.1, -0.05) is 13.8 Å². The minimum absolute atomic E-state index is 0.0319. The zero-order chi connectivity index (χ0) is 10.7. The number of aliphatic hydroxyl groups is 1. The maximum Gasteiger partial charge on any atom is 0.141 e. The highest BCUT2D eigenvalue weighted by Gasteiger charge is 2.22. The Morgan fingerprint density at radius 2 is 1.93 bits per heavy atom. The van der Waals surface area contributed by atoms with E-state index in [0.717, 1.165) is 5.69 Å². The predicted octanol–water partition coefficient (Wildman–Crippen LogP) is 2.34. The number of pyridine rings is 1. The lowest BCUT2D eigenvalue weighted by Crippen LogP contribution is -2.21. The molecule has 0 saturated heterocycles. The third kappa shape index (κ3) is 2.51. The first-order chi connectivity index (χ1) is 6.52. The second kappa shape index (κ2) is 4.51. The van der Waals surface area contributed by atoms with E-state index in [1.54, 1.807) is 13.0 Å². The van der Waals surface area contributed by atoms with Gasteiger partial charge in [0.1, 0.15) is 5.82 Å². The maximum absolute atomic E-state index is 12.6. The van der Waals surface area contributed by atoms with Crippen molar-refractivity contribution in [3.05, 3.63) is 29.8 Å². The van der Waals surface area contributed by atoms with E-state index in [4.69, 9.17) is 0 Å². The highest BCUT2D eigenvalue weighted by molar-refractivity contribution is 5.12. The van der Waals surface area contributed by atoms with Crippen LogP contribution in [-0.4, -0.2) is 16.2 Å². The van der Waals surface area contributed by atoms with Crippen LogP contribution in [0.2, 0.25) is 0 Å². The molecule has 0 aliphatic carbocycles. The Labute approximate surface area is 83.8 Å². The average molecular weight is 197 g/mol. The number of hydrogen-bond acceptors (Lipinski definition) is 2. The molecule has 14 heavy (non-hydrogen) atoms. The average Bonchev–Trinajstić information content (AvgIpc) is 2.07. The Kier molecular flexibility index (Phi) is 3.58. The standard InChI is InChI=1S/C11H16FNO/c1-7(2)11(8(3)14)10-5-4-9(12)6-13-10/h4-8,11,14H,1-3H3. The van der Waals surface area contributed by atoms with Crippen molar-refractivity contribution < 1.29 is 9.50 Å². The van der Waals surface area contributed by atoms with Gasteiger partial charge >= 0.3 is 0 Å². The minimum Gasteiger partial charge on any atom is -0.393 e. The second-order valence-electron chi connectivity index (χ2n) is 3.91. The summed E-state index contributed by atoms with van der Waals surface area (Å²) in [5, 5.41) is 9.57. The molecular weight excluding hydrogens is 181 g/mol. The van der Waals surface area contributed by atoms with Crippen molar-refractivity contribution in [2.75, 3.05) is 0 Å². The van der Waals surface area contributed by atoms with Crippen LogP contribution in [0.3, 0.4) is 0 Å². The summed E-state index contributed by atoms with van der Waals surface area (Å²) >= 11 is 0. The van der Waals surface area contributed by atoms with E-state index in [1.807, 2.05) is 13.8 Å². The largest absolute Gasteiger partial charge is 0.393 e. The number of aromatic nitrogens is 1. The van der Waals surface area contributed by atoms with Crippen LogP contribution >= 0.6 is 0 Å². The van der Waals surface area contributed by atoms with Gasteiger partial charge in [-0.05, 0) is 25.0 Å². The van der Waals surface area contributed by atoms with Crippen molar-refractivity contribution in [1.29, 1.82) is 0 Å². The van der Waals surface area contributed by atoms with E-state index < -0.39 is 6.10 Å². The first kappa shape index (κ1) is 11.1. The Hall–Kier alpha value is -0.960. The zero-order valence-corrected chi connectivity index (χ0v) is 8.74. The van der Waals surface area contributed by atoms with E-state index in [0.29, 0.717) is 0 Å². The molecular formula is C11H16FNO. The van der Waals surface area contributed by atoms with Gasteiger partial charge in [-0.3, -0.25) is 4.98 Å². The third-order valence-corrected chi connectivity index (χ3v) is 2.33. The van der Waals surface area contributed by atoms with Gasteiger partial charge in [0.25, 0.3) is 0 Å². The highest BCUT2D eigenvalue weighted by atomic mass is 19.1. The van der Waals surface area contributed by atoms with Crippen molar-refractivity contribution in [3.8, 4) is 0 Å². The molecule has 1 rings (SSSR count). The third-order valence-electron chi connectivity index (χ3n) is 2.33. The normalized spacial score (nSPS) is 15.6. The number of nitrogens with zero attached hydrogens (tertiary/aromatic N) is 1. The summed E-state index contributed by atoms with van der Waals surface area (Å²) in [5.74, 6) is -0.0922. The van der Waals surface area contributed by atoms with E-state index >= 15 is 0 Å². The minimum atomic E-state index is -0.465. The first-order valence-electron chi connectivity index (χ1n) is 4.82. The van der Waals surface area contributed by atoms with E-state index in [-0.39, 0.29) is 17.7 Å². The summed E-state index contributed by atoms with van der Waals surface area (Å²) in [5.41, 5.74) is 0.747. The Bertz CT molecular complexity index is 274. The number of aliphatic hydroxyl groups excluding tert-OH is 1. The second-order valence-corrected chi connectivity index (χ2v) is 3.91. The van der Waals surface area contributed by atoms with Gasteiger partial charge in [0.15, 0.2) is 0 Å². The molecule has 78 valence electrons. The van der Waals surface area contributed by atoms with Gasteiger partial charge in [0, 0.05) is 11.6 Å². The van der Waals surface area contributed by atoms with Crippen molar-refractivity contribution in [1.82, 2.24) is 4.98 Å². The molecule has 1 N–H and O–H groups in total. The summed E-state index contributed by atoms with van der Waals surface area (Å²) in [6.07, 6.45) is 0.723. The fraction of sp³-hybridized carbons (Fsp3) is 0.545. The quantitative estimate of drug-likeness (QED) is 0.806. The fourth-order valence-electron chi connectivity index (χ4n) is 1.73. The topological polar surface area (TPSA) is 33.1 Å². The van der Waals surface area contributed by atoms with E-state index in [2.05, 4.69) is 4.98 Å². The lowest BCUT2D eigenvalue weighted by atomic mass is 9.88. The molecule has 0 aliphatic heterocycles. The van der Waals surface area contributed by atoms with Crippen LogP contribution < -0.4 is 0 Å². The van der Waals surface area contributed by atoms with E-state index in [9.17, 15) is 9.50 Å². The zero-order valence-electron chi connectivity index (χ0n) is 8.74. The van der Waals surface area contributed by atoms with Crippen LogP contribution in [0.1, 0.15) is 32.4 Å². The molecule has 0 radical (unpaired) electrons. The molecule has 0 bridgehead atoms. The molecule has 1 heterocycles. The van der Waals surface area contributed by atoms with Gasteiger partial charge < -0.3 is 5.11 Å². The molecule has 0 saturated carbocycles. The summed E-state index contributed by atoms with van der Waals surface area (Å²) in [4.78, 5) is 3.99. The molecule has 2 atom stereocenters. The summed E-state index contributed by atoms with van der Waals surface area (Å²) in [6, 6.07) is 3.01. The number of rotatable bonds is 3. The number of halogens is 1. The molecule has 2 unspecified atom stereocenters. The maximum atomic E-state index is 12.6. The first-order valence-corrected chi connectivity index (χ1v) is 4.82. The summed E-state index contributed by atoms with van der Waals surface area (Å²) in [6.45, 7) is 5.76. The lowest BCUT2D eigenvalue weighted by Gasteiger charge is -2.22. The van der Waals surface area contributed by atoms with Gasteiger partial charge in [0.2, 0.25) is 0 Å². The van der Waals surface area contributed by atoms with Gasteiger partial charge in [-0.15, -0.1) is 0 Å². The molecule has 0 aromatic carbocycles. The van der Waals surface area contributed by atoms with Crippen LogP contribution in [0.5, 0.6) is 0 Å². The van der Waals surface area contributed by atoms with Crippen LogP contribution in [0, 0.1) is 11.7 Å². The SMILES string of the molecule is CC(C)C(c1ccc(F)cn1)C(C)O. The van der Waals surface area contributed by atoms with Crippen molar-refractivity contribution >= 4 is 0 Å².